The molecule has 0 atom stereocenters. The summed E-state index contributed by atoms with van der Waals surface area (Å²) in [6.07, 6.45) is 4.68. The molecule has 19 heavy (non-hydrogen) atoms. The number of carbonyl (C=O) groups excluding carboxylic acids is 1. The predicted octanol–water partition coefficient (Wildman–Crippen LogP) is 3.35. The van der Waals surface area contributed by atoms with E-state index in [1.54, 1.807) is 7.11 Å². The molecule has 1 aliphatic rings. The minimum atomic E-state index is 0.0958. The summed E-state index contributed by atoms with van der Waals surface area (Å²) in [6, 6.07) is 7.77. The lowest BCUT2D eigenvalue weighted by Gasteiger charge is -2.33. The highest BCUT2D eigenvalue weighted by atomic mass is 16.5. The van der Waals surface area contributed by atoms with Gasteiger partial charge in [-0.3, -0.25) is 4.79 Å². The van der Waals surface area contributed by atoms with Crippen molar-refractivity contribution in [2.75, 3.05) is 14.2 Å². The summed E-state index contributed by atoms with van der Waals surface area (Å²) in [6.45, 7) is 2.29. The standard InChI is InChI=1S/C16H23NO2/c1-12-7-9-14(10-8-12)17(2)16(18)13-5-4-6-15(11-13)19-3/h4-6,11-12,14H,7-10H2,1-3H3. The van der Waals surface area contributed by atoms with Crippen molar-refractivity contribution >= 4 is 5.91 Å². The zero-order chi connectivity index (χ0) is 13.8. The van der Waals surface area contributed by atoms with E-state index in [0.717, 1.165) is 24.5 Å². The molecule has 0 aromatic heterocycles. The van der Waals surface area contributed by atoms with Gasteiger partial charge in [-0.2, -0.15) is 0 Å². The van der Waals surface area contributed by atoms with Crippen LogP contribution in [-0.4, -0.2) is 31.0 Å². The van der Waals surface area contributed by atoms with Crippen LogP contribution in [0, 0.1) is 5.92 Å². The fraction of sp³-hybridized carbons (Fsp3) is 0.562. The molecule has 0 heterocycles. The first-order valence-corrected chi connectivity index (χ1v) is 7.03. The Labute approximate surface area is 115 Å². The van der Waals surface area contributed by atoms with Crippen LogP contribution in [0.1, 0.15) is 43.0 Å². The molecule has 0 unspecified atom stereocenters. The van der Waals surface area contributed by atoms with Gasteiger partial charge in [-0.05, 0) is 49.8 Å². The topological polar surface area (TPSA) is 29.5 Å². The van der Waals surface area contributed by atoms with E-state index in [2.05, 4.69) is 6.92 Å². The predicted molar refractivity (Wildman–Crippen MR) is 76.5 cm³/mol. The van der Waals surface area contributed by atoms with Crippen molar-refractivity contribution in [2.24, 2.45) is 5.92 Å². The summed E-state index contributed by atoms with van der Waals surface area (Å²) < 4.78 is 5.17. The molecule has 3 heteroatoms. The van der Waals surface area contributed by atoms with Gasteiger partial charge in [0.1, 0.15) is 5.75 Å². The average Bonchev–Trinajstić information content (AvgIpc) is 2.46. The summed E-state index contributed by atoms with van der Waals surface area (Å²) in [4.78, 5) is 14.4. The van der Waals surface area contributed by atoms with Crippen molar-refractivity contribution in [1.29, 1.82) is 0 Å². The largest absolute Gasteiger partial charge is 0.497 e. The summed E-state index contributed by atoms with van der Waals surface area (Å²) in [7, 11) is 3.54. The molecule has 1 aromatic carbocycles. The lowest BCUT2D eigenvalue weighted by molar-refractivity contribution is 0.0679. The van der Waals surface area contributed by atoms with Gasteiger partial charge in [-0.1, -0.05) is 13.0 Å². The Morgan fingerprint density at radius 3 is 2.58 bits per heavy atom. The summed E-state index contributed by atoms with van der Waals surface area (Å²) in [5, 5.41) is 0. The van der Waals surface area contributed by atoms with Gasteiger partial charge < -0.3 is 9.64 Å². The third-order valence-corrected chi connectivity index (χ3v) is 4.17. The number of ether oxygens (including phenoxy) is 1. The smallest absolute Gasteiger partial charge is 0.253 e. The van der Waals surface area contributed by atoms with Crippen LogP contribution in [0.4, 0.5) is 0 Å². The fourth-order valence-electron chi connectivity index (χ4n) is 2.76. The third-order valence-electron chi connectivity index (χ3n) is 4.17. The molecule has 0 saturated heterocycles. The monoisotopic (exact) mass is 261 g/mol. The summed E-state index contributed by atoms with van der Waals surface area (Å²) in [5.41, 5.74) is 0.709. The van der Waals surface area contributed by atoms with Gasteiger partial charge in [0.05, 0.1) is 7.11 Å². The Kier molecular flexibility index (Phi) is 4.46. The van der Waals surface area contributed by atoms with Gasteiger partial charge in [0.2, 0.25) is 0 Å². The highest BCUT2D eigenvalue weighted by Crippen LogP contribution is 2.27. The number of amides is 1. The molecule has 1 aliphatic carbocycles. The van der Waals surface area contributed by atoms with Gasteiger partial charge in [-0.15, -0.1) is 0 Å². The van der Waals surface area contributed by atoms with Gasteiger partial charge in [0.15, 0.2) is 0 Å². The summed E-state index contributed by atoms with van der Waals surface area (Å²) >= 11 is 0. The van der Waals surface area contributed by atoms with Crippen LogP contribution in [-0.2, 0) is 0 Å². The molecule has 104 valence electrons. The molecular formula is C16H23NO2. The molecule has 1 amide bonds. The lowest BCUT2D eigenvalue weighted by atomic mass is 9.86. The zero-order valence-corrected chi connectivity index (χ0v) is 12.1. The van der Waals surface area contributed by atoms with Gasteiger partial charge in [-0.25, -0.2) is 0 Å². The Morgan fingerprint density at radius 1 is 1.26 bits per heavy atom. The fourth-order valence-corrected chi connectivity index (χ4v) is 2.76. The van der Waals surface area contributed by atoms with Gasteiger partial charge in [0.25, 0.3) is 5.91 Å². The number of nitrogens with zero attached hydrogens (tertiary/aromatic N) is 1. The van der Waals surface area contributed by atoms with Crippen LogP contribution in [0.3, 0.4) is 0 Å². The van der Waals surface area contributed by atoms with E-state index in [0.29, 0.717) is 11.6 Å². The molecule has 0 aliphatic heterocycles. The van der Waals surface area contributed by atoms with E-state index in [-0.39, 0.29) is 5.91 Å². The quantitative estimate of drug-likeness (QED) is 0.835. The minimum Gasteiger partial charge on any atom is -0.497 e. The minimum absolute atomic E-state index is 0.0958. The third kappa shape index (κ3) is 3.28. The van der Waals surface area contributed by atoms with Crippen LogP contribution in [0.2, 0.25) is 0 Å². The molecule has 1 saturated carbocycles. The number of methoxy groups -OCH3 is 1. The summed E-state index contributed by atoms with van der Waals surface area (Å²) in [5.74, 6) is 1.63. The van der Waals surface area contributed by atoms with Crippen molar-refractivity contribution in [3.63, 3.8) is 0 Å². The van der Waals surface area contributed by atoms with E-state index in [1.807, 2.05) is 36.2 Å². The van der Waals surface area contributed by atoms with Gasteiger partial charge >= 0.3 is 0 Å². The maximum atomic E-state index is 12.5. The maximum Gasteiger partial charge on any atom is 0.253 e. The highest BCUT2D eigenvalue weighted by Gasteiger charge is 2.25. The first-order chi connectivity index (χ1) is 9.11. The normalized spacial score (nSPS) is 22.9. The Morgan fingerprint density at radius 2 is 1.95 bits per heavy atom. The van der Waals surface area contributed by atoms with Crippen molar-refractivity contribution in [1.82, 2.24) is 4.90 Å². The molecule has 0 radical (unpaired) electrons. The molecule has 0 spiro atoms. The number of benzene rings is 1. The molecule has 2 rings (SSSR count). The molecule has 1 fully saturated rings. The molecule has 1 aromatic rings. The van der Waals surface area contributed by atoms with Crippen LogP contribution in [0.5, 0.6) is 5.75 Å². The molecule has 0 N–H and O–H groups in total. The Bertz CT molecular complexity index is 436. The van der Waals surface area contributed by atoms with Crippen molar-refractivity contribution in [2.45, 2.75) is 38.6 Å². The highest BCUT2D eigenvalue weighted by molar-refractivity contribution is 5.94. The second kappa shape index (κ2) is 6.09. The molecule has 3 nitrogen and oxygen atoms in total. The first kappa shape index (κ1) is 13.9. The van der Waals surface area contributed by atoms with Crippen LogP contribution in [0.25, 0.3) is 0 Å². The van der Waals surface area contributed by atoms with Crippen molar-refractivity contribution < 1.29 is 9.53 Å². The first-order valence-electron chi connectivity index (χ1n) is 7.03. The zero-order valence-electron chi connectivity index (χ0n) is 12.1. The van der Waals surface area contributed by atoms with Crippen molar-refractivity contribution in [3.05, 3.63) is 29.8 Å². The lowest BCUT2D eigenvalue weighted by Crippen LogP contribution is -2.39. The van der Waals surface area contributed by atoms with E-state index < -0.39 is 0 Å². The van der Waals surface area contributed by atoms with E-state index in [4.69, 9.17) is 4.74 Å². The number of rotatable bonds is 3. The second-order valence-electron chi connectivity index (χ2n) is 5.56. The molecule has 0 bridgehead atoms. The van der Waals surface area contributed by atoms with Crippen LogP contribution in [0.15, 0.2) is 24.3 Å². The van der Waals surface area contributed by atoms with Crippen molar-refractivity contribution in [3.8, 4) is 5.75 Å². The number of carbonyl (C=O) groups is 1. The maximum absolute atomic E-state index is 12.5. The number of hydrogen-bond acceptors (Lipinski definition) is 2. The SMILES string of the molecule is COc1cccc(C(=O)N(C)C2CCC(C)CC2)c1. The van der Waals surface area contributed by atoms with E-state index >= 15 is 0 Å². The average molecular weight is 261 g/mol. The van der Waals surface area contributed by atoms with Gasteiger partial charge in [0, 0.05) is 18.7 Å². The van der Waals surface area contributed by atoms with E-state index in [1.165, 1.54) is 12.8 Å². The Balaban J connectivity index is 2.05. The van der Waals surface area contributed by atoms with E-state index in [9.17, 15) is 4.79 Å². The van der Waals surface area contributed by atoms with Crippen LogP contribution < -0.4 is 4.74 Å². The second-order valence-corrected chi connectivity index (χ2v) is 5.56. The number of hydrogen-bond donors (Lipinski definition) is 0. The Hall–Kier alpha value is -1.51. The molecular weight excluding hydrogens is 238 g/mol. The van der Waals surface area contributed by atoms with Crippen LogP contribution >= 0.6 is 0 Å².